The number of hydrogen-bond acceptors (Lipinski definition) is 6. The van der Waals surface area contributed by atoms with Crippen LogP contribution >= 0.6 is 11.6 Å². The number of fused-ring (bicyclic) bond motifs is 2. The Hall–Kier alpha value is -3.55. The molecule has 8 heteroatoms. The summed E-state index contributed by atoms with van der Waals surface area (Å²) in [5.41, 5.74) is 11.3. The molecule has 2 aliphatic rings. The summed E-state index contributed by atoms with van der Waals surface area (Å²) in [6.45, 7) is 3.67. The summed E-state index contributed by atoms with van der Waals surface area (Å²) < 4.78 is 1.87. The molecule has 0 spiro atoms. The van der Waals surface area contributed by atoms with Crippen LogP contribution in [0.2, 0.25) is 5.02 Å². The molecular weight excluding hydrogens is 470 g/mol. The van der Waals surface area contributed by atoms with Crippen molar-refractivity contribution >= 4 is 33.8 Å². The minimum absolute atomic E-state index is 0.355. The van der Waals surface area contributed by atoms with Crippen molar-refractivity contribution in [1.82, 2.24) is 29.5 Å². The lowest BCUT2D eigenvalue weighted by atomic mass is 9.74. The molecule has 1 aliphatic carbocycles. The maximum Gasteiger partial charge on any atom is 0.153 e. The van der Waals surface area contributed by atoms with E-state index in [4.69, 9.17) is 27.3 Å². The van der Waals surface area contributed by atoms with E-state index in [-0.39, 0.29) is 0 Å². The maximum absolute atomic E-state index is 7.03. The van der Waals surface area contributed by atoms with Gasteiger partial charge in [0.25, 0.3) is 0 Å². The normalized spacial score (nSPS) is 19.9. The first-order chi connectivity index (χ1) is 17.7. The molecule has 2 N–H and O–H groups in total. The SMILES string of the molecule is Nc1ncnn2c(C3CC(CN4CCC4)C3)nc(-c3ccc4ccc(-c5ccccc5)nc4c3Cl)c12. The summed E-state index contributed by atoms with van der Waals surface area (Å²) in [4.78, 5) is 16.8. The fraction of sp³-hybridized carbons (Fsp3) is 0.286. The van der Waals surface area contributed by atoms with Gasteiger partial charge in [0.05, 0.1) is 16.2 Å². The van der Waals surface area contributed by atoms with Gasteiger partial charge in [-0.1, -0.05) is 60.1 Å². The quantitative estimate of drug-likeness (QED) is 0.349. The first-order valence-corrected chi connectivity index (χ1v) is 12.9. The third-order valence-corrected chi connectivity index (χ3v) is 8.06. The number of nitrogens with two attached hydrogens (primary N) is 1. The second-order valence-electron chi connectivity index (χ2n) is 9.97. The van der Waals surface area contributed by atoms with Crippen LogP contribution in [0.5, 0.6) is 0 Å². The highest BCUT2D eigenvalue weighted by Crippen LogP contribution is 2.44. The lowest BCUT2D eigenvalue weighted by Crippen LogP contribution is -2.43. The molecular formula is C28H26ClN7. The molecule has 1 saturated carbocycles. The zero-order valence-corrected chi connectivity index (χ0v) is 20.6. The number of imidazole rings is 1. The molecule has 0 bridgehead atoms. The smallest absolute Gasteiger partial charge is 0.153 e. The Bertz CT molecular complexity index is 1590. The van der Waals surface area contributed by atoms with Crippen LogP contribution < -0.4 is 5.73 Å². The predicted molar refractivity (Wildman–Crippen MR) is 143 cm³/mol. The van der Waals surface area contributed by atoms with Crippen molar-refractivity contribution in [2.24, 2.45) is 5.92 Å². The topological polar surface area (TPSA) is 85.2 Å². The van der Waals surface area contributed by atoms with Gasteiger partial charge in [0.1, 0.15) is 23.4 Å². The van der Waals surface area contributed by atoms with Gasteiger partial charge in [-0.15, -0.1) is 0 Å². The largest absolute Gasteiger partial charge is 0.382 e. The van der Waals surface area contributed by atoms with Gasteiger partial charge in [-0.25, -0.2) is 19.5 Å². The van der Waals surface area contributed by atoms with Gasteiger partial charge in [0.15, 0.2) is 5.82 Å². The van der Waals surface area contributed by atoms with Crippen molar-refractivity contribution in [2.45, 2.75) is 25.2 Å². The van der Waals surface area contributed by atoms with Crippen molar-refractivity contribution in [3.05, 3.63) is 71.8 Å². The number of pyridine rings is 1. The molecule has 0 amide bonds. The van der Waals surface area contributed by atoms with E-state index in [0.717, 1.165) is 52.3 Å². The van der Waals surface area contributed by atoms with Crippen LogP contribution in [0.1, 0.15) is 31.0 Å². The second-order valence-corrected chi connectivity index (χ2v) is 10.4. The molecule has 2 aromatic carbocycles. The number of anilines is 1. The Balaban J connectivity index is 1.31. The second kappa shape index (κ2) is 8.54. The Kier molecular flexibility index (Phi) is 5.15. The minimum Gasteiger partial charge on any atom is -0.382 e. The van der Waals surface area contributed by atoms with Crippen LogP contribution in [-0.2, 0) is 0 Å². The number of nitrogens with zero attached hydrogens (tertiary/aromatic N) is 6. The van der Waals surface area contributed by atoms with Gasteiger partial charge in [-0.05, 0) is 44.3 Å². The number of likely N-dealkylation sites (tertiary alicyclic amines) is 1. The van der Waals surface area contributed by atoms with Crippen molar-refractivity contribution in [2.75, 3.05) is 25.4 Å². The molecule has 36 heavy (non-hydrogen) atoms. The fourth-order valence-corrected chi connectivity index (χ4v) is 5.86. The van der Waals surface area contributed by atoms with Gasteiger partial charge in [0, 0.05) is 29.0 Å². The Morgan fingerprint density at radius 3 is 2.56 bits per heavy atom. The number of benzene rings is 2. The summed E-state index contributed by atoms with van der Waals surface area (Å²) in [5.74, 6) is 2.41. The third kappa shape index (κ3) is 3.53. The summed E-state index contributed by atoms with van der Waals surface area (Å²) >= 11 is 7.03. The van der Waals surface area contributed by atoms with Crippen LogP contribution in [0.4, 0.5) is 5.82 Å². The van der Waals surface area contributed by atoms with E-state index >= 15 is 0 Å². The highest BCUT2D eigenvalue weighted by molar-refractivity contribution is 6.38. The van der Waals surface area contributed by atoms with Crippen LogP contribution in [0.25, 0.3) is 38.9 Å². The van der Waals surface area contributed by atoms with Gasteiger partial charge in [0.2, 0.25) is 0 Å². The summed E-state index contributed by atoms with van der Waals surface area (Å²) in [5, 5.41) is 6.08. The van der Waals surface area contributed by atoms with Crippen LogP contribution in [0, 0.1) is 5.92 Å². The van der Waals surface area contributed by atoms with E-state index in [9.17, 15) is 0 Å². The molecule has 7 rings (SSSR count). The molecule has 0 unspecified atom stereocenters. The van der Waals surface area contributed by atoms with E-state index in [0.29, 0.717) is 28.0 Å². The Labute approximate surface area is 214 Å². The lowest BCUT2D eigenvalue weighted by molar-refractivity contribution is 0.107. The molecule has 3 aromatic heterocycles. The number of rotatable bonds is 5. The monoisotopic (exact) mass is 495 g/mol. The van der Waals surface area contributed by atoms with Crippen molar-refractivity contribution in [3.8, 4) is 22.5 Å². The average Bonchev–Trinajstić information content (AvgIpc) is 3.23. The standard InChI is InChI=1S/C28H26ClN7/c29-23-21(9-7-19-8-10-22(33-24(19)23)18-5-2-1-3-6-18)25-26-27(30)31-16-32-36(26)28(34-25)20-13-17(14-20)15-35-11-4-12-35/h1-3,5-10,16-17,20H,4,11-15H2,(H2,30,31,32). The van der Waals surface area contributed by atoms with E-state index in [1.54, 1.807) is 0 Å². The van der Waals surface area contributed by atoms with E-state index < -0.39 is 0 Å². The molecule has 0 atom stereocenters. The first-order valence-electron chi connectivity index (χ1n) is 12.5. The lowest BCUT2D eigenvalue weighted by Gasteiger charge is -2.41. The zero-order chi connectivity index (χ0) is 24.2. The fourth-order valence-electron chi connectivity index (χ4n) is 5.56. The van der Waals surface area contributed by atoms with E-state index in [2.05, 4.69) is 21.0 Å². The van der Waals surface area contributed by atoms with Crippen LogP contribution in [-0.4, -0.2) is 49.1 Å². The van der Waals surface area contributed by atoms with Crippen LogP contribution in [0.15, 0.2) is 60.9 Å². The summed E-state index contributed by atoms with van der Waals surface area (Å²) in [7, 11) is 0. The molecule has 1 saturated heterocycles. The molecule has 1 aliphatic heterocycles. The predicted octanol–water partition coefficient (Wildman–Crippen LogP) is 5.44. The number of hydrogen-bond donors (Lipinski definition) is 1. The number of halogens is 1. The summed E-state index contributed by atoms with van der Waals surface area (Å²) in [6, 6.07) is 18.2. The van der Waals surface area contributed by atoms with Gasteiger partial charge in [-0.2, -0.15) is 5.10 Å². The third-order valence-electron chi connectivity index (χ3n) is 7.68. The van der Waals surface area contributed by atoms with Gasteiger partial charge in [-0.3, -0.25) is 0 Å². The van der Waals surface area contributed by atoms with Gasteiger partial charge < -0.3 is 10.6 Å². The number of nitrogen functional groups attached to an aromatic ring is 1. The molecule has 7 nitrogen and oxygen atoms in total. The van der Waals surface area contributed by atoms with Crippen LogP contribution in [0.3, 0.4) is 0 Å². The molecule has 0 radical (unpaired) electrons. The molecule has 2 fully saturated rings. The van der Waals surface area contributed by atoms with E-state index in [1.165, 1.54) is 32.4 Å². The highest BCUT2D eigenvalue weighted by atomic mass is 35.5. The molecule has 4 heterocycles. The Morgan fingerprint density at radius 1 is 0.972 bits per heavy atom. The van der Waals surface area contributed by atoms with Gasteiger partial charge >= 0.3 is 0 Å². The zero-order valence-electron chi connectivity index (χ0n) is 19.8. The van der Waals surface area contributed by atoms with E-state index in [1.807, 2.05) is 53.0 Å². The molecule has 180 valence electrons. The Morgan fingerprint density at radius 2 is 1.78 bits per heavy atom. The van der Waals surface area contributed by atoms with Crippen molar-refractivity contribution in [1.29, 1.82) is 0 Å². The summed E-state index contributed by atoms with van der Waals surface area (Å²) in [6.07, 6.45) is 5.07. The number of aromatic nitrogens is 5. The van der Waals surface area contributed by atoms with Crippen molar-refractivity contribution in [3.63, 3.8) is 0 Å². The maximum atomic E-state index is 7.03. The molecule has 5 aromatic rings. The minimum atomic E-state index is 0.355. The average molecular weight is 496 g/mol. The highest BCUT2D eigenvalue weighted by Gasteiger charge is 2.36. The van der Waals surface area contributed by atoms with Crippen molar-refractivity contribution < 1.29 is 0 Å². The first kappa shape index (κ1) is 21.7.